The third kappa shape index (κ3) is 3.77. The summed E-state index contributed by atoms with van der Waals surface area (Å²) in [5, 5.41) is 11.2. The SMILES string of the molecule is Nc1cc(F)cc(S(=O)Cc2cc(Cl)ccc2[N+](=O)[O-])c1. The van der Waals surface area contributed by atoms with Gasteiger partial charge in [0.25, 0.3) is 5.69 Å². The largest absolute Gasteiger partial charge is 0.399 e. The Bertz CT molecular complexity index is 719. The van der Waals surface area contributed by atoms with Gasteiger partial charge in [-0.15, -0.1) is 0 Å². The van der Waals surface area contributed by atoms with E-state index < -0.39 is 21.5 Å². The van der Waals surface area contributed by atoms with Crippen molar-refractivity contribution in [2.24, 2.45) is 0 Å². The van der Waals surface area contributed by atoms with Gasteiger partial charge < -0.3 is 5.73 Å². The zero-order valence-electron chi connectivity index (χ0n) is 10.6. The maximum absolute atomic E-state index is 13.3. The van der Waals surface area contributed by atoms with Crippen molar-refractivity contribution in [3.8, 4) is 0 Å². The molecule has 0 heterocycles. The average molecular weight is 329 g/mol. The van der Waals surface area contributed by atoms with Crippen molar-refractivity contribution in [2.45, 2.75) is 10.6 Å². The van der Waals surface area contributed by atoms with Crippen LogP contribution in [0.3, 0.4) is 0 Å². The van der Waals surface area contributed by atoms with Crippen molar-refractivity contribution < 1.29 is 13.5 Å². The van der Waals surface area contributed by atoms with Crippen molar-refractivity contribution >= 4 is 33.8 Å². The second kappa shape index (κ2) is 6.19. The van der Waals surface area contributed by atoms with Gasteiger partial charge in [-0.2, -0.15) is 0 Å². The molecule has 0 aliphatic carbocycles. The number of rotatable bonds is 4. The maximum atomic E-state index is 13.3. The van der Waals surface area contributed by atoms with Gasteiger partial charge in [0.05, 0.1) is 21.5 Å². The van der Waals surface area contributed by atoms with Gasteiger partial charge in [0, 0.05) is 27.2 Å². The van der Waals surface area contributed by atoms with E-state index in [4.69, 9.17) is 17.3 Å². The first kappa shape index (κ1) is 15.4. The molecule has 110 valence electrons. The minimum Gasteiger partial charge on any atom is -0.399 e. The van der Waals surface area contributed by atoms with E-state index in [9.17, 15) is 18.7 Å². The fourth-order valence-electron chi connectivity index (χ4n) is 1.79. The van der Waals surface area contributed by atoms with Gasteiger partial charge in [0.1, 0.15) is 5.82 Å². The predicted molar refractivity (Wildman–Crippen MR) is 79.0 cm³/mol. The Morgan fingerprint density at radius 2 is 2.00 bits per heavy atom. The molecule has 0 fully saturated rings. The molecule has 5 nitrogen and oxygen atoms in total. The molecule has 0 amide bonds. The summed E-state index contributed by atoms with van der Waals surface area (Å²) < 4.78 is 25.5. The molecule has 8 heteroatoms. The predicted octanol–water partition coefficient (Wildman–Crippen LogP) is 3.28. The van der Waals surface area contributed by atoms with Crippen LogP contribution >= 0.6 is 11.6 Å². The molecule has 0 saturated heterocycles. The maximum Gasteiger partial charge on any atom is 0.273 e. The Labute approximate surface area is 127 Å². The van der Waals surface area contributed by atoms with E-state index in [1.165, 1.54) is 24.3 Å². The molecule has 2 aromatic rings. The summed E-state index contributed by atoms with van der Waals surface area (Å²) >= 11 is 5.80. The van der Waals surface area contributed by atoms with Gasteiger partial charge in [-0.1, -0.05) is 11.6 Å². The minimum absolute atomic E-state index is 0.138. The summed E-state index contributed by atoms with van der Waals surface area (Å²) in [4.78, 5) is 10.5. The van der Waals surface area contributed by atoms with Crippen LogP contribution in [-0.4, -0.2) is 9.13 Å². The first-order chi connectivity index (χ1) is 9.86. The summed E-state index contributed by atoms with van der Waals surface area (Å²) in [6.45, 7) is 0. The number of nitrogens with two attached hydrogens (primary N) is 1. The molecule has 2 aromatic carbocycles. The highest BCUT2D eigenvalue weighted by molar-refractivity contribution is 7.84. The van der Waals surface area contributed by atoms with Crippen LogP contribution in [0.2, 0.25) is 5.02 Å². The van der Waals surface area contributed by atoms with Crippen LogP contribution < -0.4 is 5.73 Å². The lowest BCUT2D eigenvalue weighted by molar-refractivity contribution is -0.385. The summed E-state index contributed by atoms with van der Waals surface area (Å²) in [6, 6.07) is 7.56. The van der Waals surface area contributed by atoms with Crippen LogP contribution in [0, 0.1) is 15.9 Å². The van der Waals surface area contributed by atoms with Crippen LogP contribution in [0.25, 0.3) is 0 Å². The van der Waals surface area contributed by atoms with Crippen LogP contribution in [0.4, 0.5) is 15.8 Å². The van der Waals surface area contributed by atoms with E-state index in [1.54, 1.807) is 0 Å². The number of hydrogen-bond acceptors (Lipinski definition) is 4. The Balaban J connectivity index is 2.35. The molecule has 0 radical (unpaired) electrons. The monoisotopic (exact) mass is 328 g/mol. The Kier molecular flexibility index (Phi) is 4.54. The zero-order valence-corrected chi connectivity index (χ0v) is 12.2. The topological polar surface area (TPSA) is 86.2 Å². The average Bonchev–Trinajstić information content (AvgIpc) is 2.37. The molecular weight excluding hydrogens is 319 g/mol. The first-order valence-electron chi connectivity index (χ1n) is 5.74. The standard InChI is InChI=1S/C13H10ClFN2O3S/c14-9-1-2-13(17(18)19)8(3-9)7-21(20)12-5-10(15)4-11(16)6-12/h1-6H,7,16H2. The van der Waals surface area contributed by atoms with E-state index >= 15 is 0 Å². The molecule has 1 unspecified atom stereocenters. The smallest absolute Gasteiger partial charge is 0.273 e. The van der Waals surface area contributed by atoms with Crippen molar-refractivity contribution in [2.75, 3.05) is 5.73 Å². The third-order valence-corrected chi connectivity index (χ3v) is 4.25. The van der Waals surface area contributed by atoms with E-state index in [1.807, 2.05) is 0 Å². The molecule has 0 spiro atoms. The molecule has 1 atom stereocenters. The van der Waals surface area contributed by atoms with Crippen molar-refractivity contribution in [3.63, 3.8) is 0 Å². The Morgan fingerprint density at radius 3 is 2.62 bits per heavy atom. The summed E-state index contributed by atoms with van der Waals surface area (Å²) in [6.07, 6.45) is 0. The highest BCUT2D eigenvalue weighted by atomic mass is 35.5. The van der Waals surface area contributed by atoms with Gasteiger partial charge in [-0.3, -0.25) is 14.3 Å². The highest BCUT2D eigenvalue weighted by Gasteiger charge is 2.17. The fraction of sp³-hybridized carbons (Fsp3) is 0.0769. The van der Waals surface area contributed by atoms with Crippen molar-refractivity contribution in [1.29, 1.82) is 0 Å². The van der Waals surface area contributed by atoms with Gasteiger partial charge in [-0.25, -0.2) is 4.39 Å². The van der Waals surface area contributed by atoms with E-state index in [-0.39, 0.29) is 27.6 Å². The van der Waals surface area contributed by atoms with E-state index in [0.717, 1.165) is 12.1 Å². The number of nitrogens with zero attached hydrogens (tertiary/aromatic N) is 1. The number of hydrogen-bond donors (Lipinski definition) is 1. The van der Waals surface area contributed by atoms with E-state index in [2.05, 4.69) is 0 Å². The number of nitro groups is 1. The quantitative estimate of drug-likeness (QED) is 0.530. The molecule has 0 aliphatic heterocycles. The molecule has 2 rings (SSSR count). The summed E-state index contributed by atoms with van der Waals surface area (Å²) in [5.74, 6) is -0.765. The Morgan fingerprint density at radius 1 is 1.29 bits per heavy atom. The van der Waals surface area contributed by atoms with Gasteiger partial charge in [-0.05, 0) is 30.3 Å². The number of anilines is 1. The number of nitro benzene ring substituents is 1. The first-order valence-corrected chi connectivity index (χ1v) is 7.44. The summed E-state index contributed by atoms with van der Waals surface area (Å²) in [7, 11) is -1.67. The molecular formula is C13H10ClFN2O3S. The molecule has 21 heavy (non-hydrogen) atoms. The summed E-state index contributed by atoms with van der Waals surface area (Å²) in [5.41, 5.74) is 5.66. The lowest BCUT2D eigenvalue weighted by Gasteiger charge is -2.06. The number of benzene rings is 2. The normalized spacial score (nSPS) is 12.1. The molecule has 2 N–H and O–H groups in total. The van der Waals surface area contributed by atoms with Crippen LogP contribution in [0.15, 0.2) is 41.3 Å². The van der Waals surface area contributed by atoms with Crippen LogP contribution in [-0.2, 0) is 16.6 Å². The molecule has 0 bridgehead atoms. The van der Waals surface area contributed by atoms with Gasteiger partial charge in [0.15, 0.2) is 0 Å². The van der Waals surface area contributed by atoms with Crippen LogP contribution in [0.1, 0.15) is 5.56 Å². The lowest BCUT2D eigenvalue weighted by atomic mass is 10.2. The lowest BCUT2D eigenvalue weighted by Crippen LogP contribution is -2.02. The zero-order chi connectivity index (χ0) is 15.6. The minimum atomic E-state index is -1.67. The molecule has 0 saturated carbocycles. The third-order valence-electron chi connectivity index (χ3n) is 2.68. The second-order valence-electron chi connectivity index (χ2n) is 4.24. The van der Waals surface area contributed by atoms with Crippen LogP contribution in [0.5, 0.6) is 0 Å². The van der Waals surface area contributed by atoms with Crippen molar-refractivity contribution in [1.82, 2.24) is 0 Å². The van der Waals surface area contributed by atoms with E-state index in [0.29, 0.717) is 5.02 Å². The second-order valence-corrected chi connectivity index (χ2v) is 6.13. The van der Waals surface area contributed by atoms with Gasteiger partial charge >= 0.3 is 0 Å². The fourth-order valence-corrected chi connectivity index (χ4v) is 3.17. The molecule has 0 aliphatic rings. The molecule has 0 aromatic heterocycles. The Hall–Kier alpha value is -1.99. The van der Waals surface area contributed by atoms with Gasteiger partial charge in [0.2, 0.25) is 0 Å². The highest BCUT2D eigenvalue weighted by Crippen LogP contribution is 2.26. The number of halogens is 2. The van der Waals surface area contributed by atoms with Crippen molar-refractivity contribution in [3.05, 3.63) is 62.9 Å². The number of nitrogen functional groups attached to an aromatic ring is 1.